The highest BCUT2D eigenvalue weighted by Crippen LogP contribution is 2.08. The number of amides is 2. The lowest BCUT2D eigenvalue weighted by Crippen LogP contribution is -2.44. The minimum Gasteiger partial charge on any atom is -0.350 e. The molecule has 0 unspecified atom stereocenters. The largest absolute Gasteiger partial charge is 0.350 e. The van der Waals surface area contributed by atoms with Crippen molar-refractivity contribution in [2.45, 2.75) is 12.8 Å². The van der Waals surface area contributed by atoms with Crippen molar-refractivity contribution in [2.24, 2.45) is 5.73 Å². The first kappa shape index (κ1) is 7.34. The van der Waals surface area contributed by atoms with Gasteiger partial charge in [-0.3, -0.25) is 5.01 Å². The Hall–Kier alpha value is -0.770. The summed E-state index contributed by atoms with van der Waals surface area (Å²) in [5.74, 6) is 0. The van der Waals surface area contributed by atoms with Crippen LogP contribution in [0.1, 0.15) is 12.8 Å². The third-order valence-electron chi connectivity index (χ3n) is 1.83. The number of hydrazine groups is 1. The summed E-state index contributed by atoms with van der Waals surface area (Å²) in [7, 11) is 1.70. The zero-order valence-electron chi connectivity index (χ0n) is 6.21. The molecule has 1 saturated heterocycles. The maximum Gasteiger partial charge on any atom is 0.329 e. The van der Waals surface area contributed by atoms with Gasteiger partial charge in [0.25, 0.3) is 0 Å². The van der Waals surface area contributed by atoms with E-state index in [0.717, 1.165) is 25.9 Å². The fourth-order valence-electron chi connectivity index (χ4n) is 1.14. The molecule has 0 aromatic carbocycles. The first-order valence-corrected chi connectivity index (χ1v) is 3.50. The van der Waals surface area contributed by atoms with Crippen molar-refractivity contribution in [3.63, 3.8) is 0 Å². The minimum atomic E-state index is -0.373. The number of urea groups is 1. The van der Waals surface area contributed by atoms with Gasteiger partial charge in [-0.2, -0.15) is 0 Å². The molecule has 0 saturated carbocycles. The molecule has 1 rings (SSSR count). The Morgan fingerprint density at radius 2 is 2.00 bits per heavy atom. The third-order valence-corrected chi connectivity index (χ3v) is 1.83. The van der Waals surface area contributed by atoms with E-state index in [2.05, 4.69) is 0 Å². The average Bonchev–Trinajstić information content (AvgIpc) is 2.36. The standard InChI is InChI=1S/C6H13N3O/c1-8(6(7)10)9-4-2-3-5-9/h2-5H2,1H3,(H2,7,10). The van der Waals surface area contributed by atoms with Crippen LogP contribution in [0.25, 0.3) is 0 Å². The van der Waals surface area contributed by atoms with Gasteiger partial charge in [-0.1, -0.05) is 0 Å². The summed E-state index contributed by atoms with van der Waals surface area (Å²) >= 11 is 0. The number of carbonyl (C=O) groups excluding carboxylic acids is 1. The Morgan fingerprint density at radius 1 is 1.50 bits per heavy atom. The molecule has 1 fully saturated rings. The molecule has 0 aliphatic carbocycles. The molecular formula is C6H13N3O. The van der Waals surface area contributed by atoms with Crippen LogP contribution in [0.5, 0.6) is 0 Å². The predicted molar refractivity (Wildman–Crippen MR) is 38.2 cm³/mol. The normalized spacial score (nSPS) is 19.3. The summed E-state index contributed by atoms with van der Waals surface area (Å²) in [4.78, 5) is 10.6. The molecule has 0 aromatic rings. The molecule has 0 spiro atoms. The van der Waals surface area contributed by atoms with Gasteiger partial charge >= 0.3 is 6.03 Å². The number of nitrogens with two attached hydrogens (primary N) is 1. The van der Waals surface area contributed by atoms with Crippen LogP contribution < -0.4 is 5.73 Å². The number of nitrogens with zero attached hydrogens (tertiary/aromatic N) is 2. The highest BCUT2D eigenvalue weighted by Gasteiger charge is 2.17. The molecular weight excluding hydrogens is 130 g/mol. The first-order chi connectivity index (χ1) is 4.72. The van der Waals surface area contributed by atoms with Gasteiger partial charge in [0.1, 0.15) is 0 Å². The summed E-state index contributed by atoms with van der Waals surface area (Å²) in [6.45, 7) is 1.92. The maximum atomic E-state index is 10.6. The summed E-state index contributed by atoms with van der Waals surface area (Å²) in [6.07, 6.45) is 2.33. The molecule has 10 heavy (non-hydrogen) atoms. The van der Waals surface area contributed by atoms with Crippen LogP contribution in [0.4, 0.5) is 4.79 Å². The van der Waals surface area contributed by atoms with E-state index in [1.807, 2.05) is 5.01 Å². The molecule has 1 aliphatic heterocycles. The van der Waals surface area contributed by atoms with Crippen molar-refractivity contribution in [1.29, 1.82) is 0 Å². The van der Waals surface area contributed by atoms with Gasteiger partial charge in [0.05, 0.1) is 0 Å². The summed E-state index contributed by atoms with van der Waals surface area (Å²) in [5.41, 5.74) is 5.06. The second kappa shape index (κ2) is 2.88. The van der Waals surface area contributed by atoms with Crippen LogP contribution in [0.3, 0.4) is 0 Å². The van der Waals surface area contributed by atoms with Gasteiger partial charge < -0.3 is 5.73 Å². The van der Waals surface area contributed by atoms with Gasteiger partial charge in [0.2, 0.25) is 0 Å². The molecule has 2 amide bonds. The monoisotopic (exact) mass is 143 g/mol. The van der Waals surface area contributed by atoms with Crippen LogP contribution in [-0.4, -0.2) is 36.2 Å². The zero-order chi connectivity index (χ0) is 7.56. The van der Waals surface area contributed by atoms with Crippen molar-refractivity contribution < 1.29 is 4.79 Å². The second-order valence-electron chi connectivity index (χ2n) is 2.52. The van der Waals surface area contributed by atoms with E-state index in [9.17, 15) is 4.79 Å². The fourth-order valence-corrected chi connectivity index (χ4v) is 1.14. The van der Waals surface area contributed by atoms with E-state index in [1.165, 1.54) is 5.01 Å². The van der Waals surface area contributed by atoms with Gasteiger partial charge in [-0.15, -0.1) is 0 Å². The number of carbonyl (C=O) groups is 1. The van der Waals surface area contributed by atoms with E-state index in [-0.39, 0.29) is 6.03 Å². The zero-order valence-corrected chi connectivity index (χ0v) is 6.21. The van der Waals surface area contributed by atoms with Crippen LogP contribution in [0.2, 0.25) is 0 Å². The smallest absolute Gasteiger partial charge is 0.329 e. The lowest BCUT2D eigenvalue weighted by Gasteiger charge is -2.25. The third kappa shape index (κ3) is 1.39. The van der Waals surface area contributed by atoms with Gasteiger partial charge in [-0.05, 0) is 12.8 Å². The highest BCUT2D eigenvalue weighted by atomic mass is 16.2. The van der Waals surface area contributed by atoms with E-state index in [1.54, 1.807) is 7.05 Å². The molecule has 0 bridgehead atoms. The van der Waals surface area contributed by atoms with Crippen LogP contribution in [0, 0.1) is 0 Å². The van der Waals surface area contributed by atoms with Gasteiger partial charge in [-0.25, -0.2) is 9.80 Å². The molecule has 0 aromatic heterocycles. The maximum absolute atomic E-state index is 10.6. The van der Waals surface area contributed by atoms with E-state index in [4.69, 9.17) is 5.73 Å². The predicted octanol–water partition coefficient (Wildman–Crippen LogP) is 0.00770. The SMILES string of the molecule is CN(C(N)=O)N1CCCC1. The van der Waals surface area contributed by atoms with E-state index >= 15 is 0 Å². The van der Waals surface area contributed by atoms with Crippen molar-refractivity contribution in [1.82, 2.24) is 10.0 Å². The lowest BCUT2D eigenvalue weighted by atomic mass is 10.4. The Bertz CT molecular complexity index is 131. The van der Waals surface area contributed by atoms with Gasteiger partial charge in [0.15, 0.2) is 0 Å². The first-order valence-electron chi connectivity index (χ1n) is 3.50. The van der Waals surface area contributed by atoms with Crippen molar-refractivity contribution in [2.75, 3.05) is 20.1 Å². The Labute approximate surface area is 60.5 Å². The molecule has 4 nitrogen and oxygen atoms in total. The molecule has 1 heterocycles. The van der Waals surface area contributed by atoms with Crippen LogP contribution >= 0.6 is 0 Å². The fraction of sp³-hybridized carbons (Fsp3) is 0.833. The molecule has 4 heteroatoms. The lowest BCUT2D eigenvalue weighted by molar-refractivity contribution is 0.0654. The quantitative estimate of drug-likeness (QED) is 0.562. The highest BCUT2D eigenvalue weighted by molar-refractivity contribution is 5.71. The van der Waals surface area contributed by atoms with Crippen molar-refractivity contribution >= 4 is 6.03 Å². The Morgan fingerprint density at radius 3 is 2.40 bits per heavy atom. The second-order valence-corrected chi connectivity index (χ2v) is 2.52. The molecule has 1 aliphatic rings. The number of hydrogen-bond acceptors (Lipinski definition) is 2. The molecule has 0 radical (unpaired) electrons. The summed E-state index contributed by atoms with van der Waals surface area (Å²) in [5, 5.41) is 3.44. The number of rotatable bonds is 1. The Balaban J connectivity index is 2.39. The van der Waals surface area contributed by atoms with Crippen LogP contribution in [-0.2, 0) is 0 Å². The molecule has 2 N–H and O–H groups in total. The summed E-state index contributed by atoms with van der Waals surface area (Å²) in [6, 6.07) is -0.373. The average molecular weight is 143 g/mol. The molecule has 58 valence electrons. The number of primary amides is 1. The number of hydrogen-bond donors (Lipinski definition) is 1. The van der Waals surface area contributed by atoms with Crippen molar-refractivity contribution in [3.8, 4) is 0 Å². The minimum absolute atomic E-state index is 0.373. The topological polar surface area (TPSA) is 49.6 Å². The van der Waals surface area contributed by atoms with E-state index in [0.29, 0.717) is 0 Å². The van der Waals surface area contributed by atoms with Gasteiger partial charge in [0, 0.05) is 20.1 Å². The van der Waals surface area contributed by atoms with Crippen molar-refractivity contribution in [3.05, 3.63) is 0 Å². The van der Waals surface area contributed by atoms with Crippen LogP contribution in [0.15, 0.2) is 0 Å². The summed E-state index contributed by atoms with van der Waals surface area (Å²) < 4.78 is 0. The molecule has 0 atom stereocenters. The van der Waals surface area contributed by atoms with E-state index < -0.39 is 0 Å². The Kier molecular flexibility index (Phi) is 2.11.